The summed E-state index contributed by atoms with van der Waals surface area (Å²) in [4.78, 5) is 12.2. The summed E-state index contributed by atoms with van der Waals surface area (Å²) in [5.74, 6) is -0.331. The van der Waals surface area contributed by atoms with Crippen LogP contribution in [0.5, 0.6) is 0 Å². The van der Waals surface area contributed by atoms with Gasteiger partial charge < -0.3 is 0 Å². The normalized spacial score (nSPS) is 11.7. The molecule has 0 saturated heterocycles. The highest BCUT2D eigenvalue weighted by atomic mass is 16.2. The number of hydrazone groups is 1. The van der Waals surface area contributed by atoms with Crippen LogP contribution in [0.3, 0.4) is 0 Å². The predicted octanol–water partition coefficient (Wildman–Crippen LogP) is 4.14. The van der Waals surface area contributed by atoms with Crippen LogP contribution in [0.25, 0.3) is 11.3 Å². The molecule has 2 N–H and O–H groups in total. The van der Waals surface area contributed by atoms with Crippen molar-refractivity contribution in [3.63, 3.8) is 0 Å². The molecule has 26 heavy (non-hydrogen) atoms. The van der Waals surface area contributed by atoms with E-state index in [2.05, 4.69) is 53.6 Å². The fourth-order valence-electron chi connectivity index (χ4n) is 2.49. The highest BCUT2D eigenvalue weighted by molar-refractivity contribution is 5.94. The van der Waals surface area contributed by atoms with E-state index < -0.39 is 0 Å². The molecule has 2 aromatic carbocycles. The van der Waals surface area contributed by atoms with Crippen molar-refractivity contribution in [2.75, 3.05) is 0 Å². The van der Waals surface area contributed by atoms with Gasteiger partial charge in [0.15, 0.2) is 0 Å². The first-order valence-electron chi connectivity index (χ1n) is 8.48. The summed E-state index contributed by atoms with van der Waals surface area (Å²) in [6.45, 7) is 6.51. The lowest BCUT2D eigenvalue weighted by Crippen LogP contribution is -2.18. The third-order valence-electron chi connectivity index (χ3n) is 4.05. The first-order valence-corrected chi connectivity index (χ1v) is 8.48. The molecule has 1 amide bonds. The second kappa shape index (κ2) is 7.35. The Hall–Kier alpha value is -3.21. The Balaban J connectivity index is 1.62. The van der Waals surface area contributed by atoms with Crippen molar-refractivity contribution < 1.29 is 4.79 Å². The largest absolute Gasteiger partial charge is 0.289 e. The summed E-state index contributed by atoms with van der Waals surface area (Å²) in [5, 5.41) is 10.9. The van der Waals surface area contributed by atoms with Crippen LogP contribution < -0.4 is 5.43 Å². The van der Waals surface area contributed by atoms with Gasteiger partial charge in [0.05, 0.1) is 11.9 Å². The van der Waals surface area contributed by atoms with E-state index in [1.165, 1.54) is 5.56 Å². The van der Waals surface area contributed by atoms with E-state index in [1.807, 2.05) is 42.5 Å². The minimum atomic E-state index is -0.331. The van der Waals surface area contributed by atoms with Crippen LogP contribution in [0.4, 0.5) is 0 Å². The predicted molar refractivity (Wildman–Crippen MR) is 104 cm³/mol. The fraction of sp³-hybridized carbons (Fsp3) is 0.190. The Bertz CT molecular complexity index is 903. The average molecular weight is 346 g/mol. The molecule has 0 atom stereocenters. The molecular formula is C21H22N4O. The number of aromatic nitrogens is 2. The second-order valence-electron chi connectivity index (χ2n) is 7.10. The van der Waals surface area contributed by atoms with Gasteiger partial charge in [-0.15, -0.1) is 0 Å². The van der Waals surface area contributed by atoms with E-state index in [9.17, 15) is 4.79 Å². The van der Waals surface area contributed by atoms with Crippen LogP contribution in [-0.4, -0.2) is 22.3 Å². The highest BCUT2D eigenvalue weighted by Crippen LogP contribution is 2.21. The quantitative estimate of drug-likeness (QED) is 0.550. The molecule has 0 aliphatic carbocycles. The van der Waals surface area contributed by atoms with Crippen molar-refractivity contribution in [1.82, 2.24) is 15.6 Å². The zero-order chi connectivity index (χ0) is 18.6. The molecule has 3 rings (SSSR count). The van der Waals surface area contributed by atoms with Gasteiger partial charge in [0.2, 0.25) is 0 Å². The van der Waals surface area contributed by atoms with Crippen LogP contribution in [0, 0.1) is 0 Å². The molecule has 5 heteroatoms. The van der Waals surface area contributed by atoms with Crippen LogP contribution in [0.1, 0.15) is 42.4 Å². The van der Waals surface area contributed by atoms with E-state index >= 15 is 0 Å². The number of carbonyl (C=O) groups is 1. The molecule has 0 saturated carbocycles. The van der Waals surface area contributed by atoms with Gasteiger partial charge in [0, 0.05) is 5.56 Å². The van der Waals surface area contributed by atoms with Crippen LogP contribution in [0.2, 0.25) is 0 Å². The Labute approximate surface area is 153 Å². The van der Waals surface area contributed by atoms with Gasteiger partial charge in [0.25, 0.3) is 5.91 Å². The summed E-state index contributed by atoms with van der Waals surface area (Å²) in [6, 6.07) is 19.5. The lowest BCUT2D eigenvalue weighted by atomic mass is 9.87. The molecule has 0 aliphatic heterocycles. The molecule has 0 unspecified atom stereocenters. The van der Waals surface area contributed by atoms with E-state index in [-0.39, 0.29) is 11.3 Å². The van der Waals surface area contributed by atoms with Gasteiger partial charge in [-0.05, 0) is 22.6 Å². The van der Waals surface area contributed by atoms with Crippen molar-refractivity contribution in [2.45, 2.75) is 26.2 Å². The molecule has 0 aliphatic rings. The van der Waals surface area contributed by atoms with Crippen LogP contribution in [-0.2, 0) is 5.41 Å². The lowest BCUT2D eigenvalue weighted by molar-refractivity contribution is 0.0950. The van der Waals surface area contributed by atoms with Crippen molar-refractivity contribution >= 4 is 12.1 Å². The molecule has 0 bridgehead atoms. The van der Waals surface area contributed by atoms with Gasteiger partial charge in [-0.25, -0.2) is 5.43 Å². The minimum absolute atomic E-state index is 0.112. The van der Waals surface area contributed by atoms with Gasteiger partial charge in [-0.3, -0.25) is 9.89 Å². The van der Waals surface area contributed by atoms with E-state index in [4.69, 9.17) is 0 Å². The Kier molecular flexibility index (Phi) is 4.98. The Morgan fingerprint density at radius 3 is 2.42 bits per heavy atom. The van der Waals surface area contributed by atoms with Crippen LogP contribution >= 0.6 is 0 Å². The number of amides is 1. The summed E-state index contributed by atoms with van der Waals surface area (Å²) in [6.07, 6.45) is 1.62. The number of benzene rings is 2. The molecule has 3 aromatic rings. The summed E-state index contributed by atoms with van der Waals surface area (Å²) in [5.41, 5.74) is 6.84. The van der Waals surface area contributed by atoms with Gasteiger partial charge >= 0.3 is 0 Å². The van der Waals surface area contributed by atoms with E-state index in [0.717, 1.165) is 16.8 Å². The van der Waals surface area contributed by atoms with Crippen LogP contribution in [0.15, 0.2) is 65.8 Å². The standard InChI is InChI=1S/C21H22N4O/c1-21(2,3)17-11-9-15(10-12-17)14-22-25-20(26)19-13-18(23-24-19)16-7-5-4-6-8-16/h4-14H,1-3H3,(H,23,24)(H,25,26). The highest BCUT2D eigenvalue weighted by Gasteiger charge is 2.12. The molecule has 5 nitrogen and oxygen atoms in total. The minimum Gasteiger partial charge on any atom is -0.272 e. The zero-order valence-electron chi connectivity index (χ0n) is 15.2. The topological polar surface area (TPSA) is 70.1 Å². The Morgan fingerprint density at radius 1 is 1.08 bits per heavy atom. The second-order valence-corrected chi connectivity index (χ2v) is 7.10. The van der Waals surface area contributed by atoms with Gasteiger partial charge in [-0.1, -0.05) is 75.4 Å². The number of hydrogen-bond acceptors (Lipinski definition) is 3. The molecule has 0 radical (unpaired) electrons. The molecule has 1 aromatic heterocycles. The molecular weight excluding hydrogens is 324 g/mol. The fourth-order valence-corrected chi connectivity index (χ4v) is 2.49. The molecule has 0 fully saturated rings. The number of H-pyrrole nitrogens is 1. The zero-order valence-corrected chi connectivity index (χ0v) is 15.2. The summed E-state index contributed by atoms with van der Waals surface area (Å²) >= 11 is 0. The lowest BCUT2D eigenvalue weighted by Gasteiger charge is -2.18. The smallest absolute Gasteiger partial charge is 0.272 e. The van der Waals surface area contributed by atoms with Gasteiger partial charge in [-0.2, -0.15) is 10.2 Å². The summed E-state index contributed by atoms with van der Waals surface area (Å²) < 4.78 is 0. The number of nitrogens with zero attached hydrogens (tertiary/aromatic N) is 2. The Morgan fingerprint density at radius 2 is 1.77 bits per heavy atom. The number of carbonyl (C=O) groups excluding carboxylic acids is 1. The van der Waals surface area contributed by atoms with E-state index in [0.29, 0.717) is 5.69 Å². The van der Waals surface area contributed by atoms with Crippen molar-refractivity contribution in [3.05, 3.63) is 77.5 Å². The third-order valence-corrected chi connectivity index (χ3v) is 4.05. The average Bonchev–Trinajstić information content (AvgIpc) is 3.12. The third kappa shape index (κ3) is 4.25. The maximum atomic E-state index is 12.2. The number of hydrogen-bond donors (Lipinski definition) is 2. The molecule has 1 heterocycles. The van der Waals surface area contributed by atoms with Crippen molar-refractivity contribution in [2.24, 2.45) is 5.10 Å². The number of rotatable bonds is 4. The van der Waals surface area contributed by atoms with Crippen molar-refractivity contribution in [3.8, 4) is 11.3 Å². The first-order chi connectivity index (χ1) is 12.4. The number of nitrogens with one attached hydrogen (secondary N) is 2. The van der Waals surface area contributed by atoms with E-state index in [1.54, 1.807) is 12.3 Å². The SMILES string of the molecule is CC(C)(C)c1ccc(C=NNC(=O)c2cc(-c3ccccc3)n[nH]2)cc1. The van der Waals surface area contributed by atoms with Gasteiger partial charge in [0.1, 0.15) is 5.69 Å². The molecule has 132 valence electrons. The summed E-state index contributed by atoms with van der Waals surface area (Å²) in [7, 11) is 0. The maximum Gasteiger partial charge on any atom is 0.289 e. The van der Waals surface area contributed by atoms with Crippen molar-refractivity contribution in [1.29, 1.82) is 0 Å². The first kappa shape index (κ1) is 17.6. The molecule has 0 spiro atoms. The maximum absolute atomic E-state index is 12.2. The number of aromatic amines is 1. The monoisotopic (exact) mass is 346 g/mol.